The fourth-order valence-electron chi connectivity index (χ4n) is 1.77. The number of aryl methyl sites for hydroxylation is 1. The van der Waals surface area contributed by atoms with Crippen LogP contribution in [0.3, 0.4) is 0 Å². The minimum Gasteiger partial charge on any atom is -0.497 e. The molecule has 110 valence electrons. The number of nitrogens with zero attached hydrogens (tertiary/aromatic N) is 1. The van der Waals surface area contributed by atoms with E-state index in [4.69, 9.17) is 10.00 Å². The van der Waals surface area contributed by atoms with E-state index in [0.29, 0.717) is 16.3 Å². The highest BCUT2D eigenvalue weighted by atomic mass is 32.2. The fraction of sp³-hybridized carbons (Fsp3) is 0.214. The number of ether oxygens (including phenoxy) is 1. The summed E-state index contributed by atoms with van der Waals surface area (Å²) in [6.45, 7) is 3.65. The van der Waals surface area contributed by atoms with Crippen molar-refractivity contribution in [2.24, 2.45) is 0 Å². The number of sulfonamides is 1. The van der Waals surface area contributed by atoms with Gasteiger partial charge in [0.2, 0.25) is 0 Å². The molecule has 0 amide bonds. The van der Waals surface area contributed by atoms with Crippen LogP contribution in [0.1, 0.15) is 16.0 Å². The molecule has 2 rings (SSSR count). The summed E-state index contributed by atoms with van der Waals surface area (Å²) >= 11 is 1.26. The summed E-state index contributed by atoms with van der Waals surface area (Å²) in [4.78, 5) is 1.04. The molecule has 0 unspecified atom stereocenters. The van der Waals surface area contributed by atoms with Crippen LogP contribution in [0.4, 0.5) is 5.00 Å². The molecule has 0 aliphatic carbocycles. The Morgan fingerprint density at radius 2 is 1.86 bits per heavy atom. The second-order valence-corrected chi connectivity index (χ2v) is 7.29. The Hall–Kier alpha value is -2.04. The van der Waals surface area contributed by atoms with E-state index < -0.39 is 10.0 Å². The number of benzene rings is 1. The van der Waals surface area contributed by atoms with Gasteiger partial charge in [-0.25, -0.2) is 8.42 Å². The molecule has 7 heteroatoms. The topological polar surface area (TPSA) is 79.2 Å². The highest BCUT2D eigenvalue weighted by molar-refractivity contribution is 7.93. The smallest absolute Gasteiger partial charge is 0.262 e. The van der Waals surface area contributed by atoms with Gasteiger partial charge in [-0.2, -0.15) is 5.26 Å². The van der Waals surface area contributed by atoms with Crippen molar-refractivity contribution >= 4 is 26.4 Å². The van der Waals surface area contributed by atoms with Crippen LogP contribution in [0.15, 0.2) is 29.2 Å². The second-order valence-electron chi connectivity index (χ2n) is 4.38. The molecule has 0 atom stereocenters. The third-order valence-electron chi connectivity index (χ3n) is 3.09. The first-order valence-electron chi connectivity index (χ1n) is 6.06. The summed E-state index contributed by atoms with van der Waals surface area (Å²) in [7, 11) is -2.21. The second kappa shape index (κ2) is 5.76. The van der Waals surface area contributed by atoms with Crippen LogP contribution in [0.5, 0.6) is 5.75 Å². The molecule has 0 bridgehead atoms. The number of nitrogens with one attached hydrogen (secondary N) is 1. The van der Waals surface area contributed by atoms with E-state index in [2.05, 4.69) is 4.72 Å². The number of nitriles is 1. The highest BCUT2D eigenvalue weighted by Gasteiger charge is 2.20. The average Bonchev–Trinajstić information content (AvgIpc) is 2.72. The van der Waals surface area contributed by atoms with E-state index in [0.717, 1.165) is 10.4 Å². The number of hydrogen-bond acceptors (Lipinski definition) is 5. The van der Waals surface area contributed by atoms with Crippen LogP contribution in [0.2, 0.25) is 0 Å². The highest BCUT2D eigenvalue weighted by Crippen LogP contribution is 2.33. The molecule has 0 aliphatic heterocycles. The van der Waals surface area contributed by atoms with E-state index in [1.54, 1.807) is 19.1 Å². The minimum absolute atomic E-state index is 0.121. The van der Waals surface area contributed by atoms with Crippen LogP contribution in [0.25, 0.3) is 0 Å². The van der Waals surface area contributed by atoms with Gasteiger partial charge in [-0.05, 0) is 43.7 Å². The third-order valence-corrected chi connectivity index (χ3v) is 5.71. The molecule has 2 aromatic rings. The molecule has 1 aromatic carbocycles. The van der Waals surface area contributed by atoms with Crippen molar-refractivity contribution in [2.45, 2.75) is 18.7 Å². The van der Waals surface area contributed by atoms with Crippen molar-refractivity contribution < 1.29 is 13.2 Å². The lowest BCUT2D eigenvalue weighted by Gasteiger charge is -2.07. The Kier molecular flexibility index (Phi) is 4.21. The Morgan fingerprint density at radius 1 is 1.24 bits per heavy atom. The maximum absolute atomic E-state index is 12.3. The summed E-state index contributed by atoms with van der Waals surface area (Å²) in [5, 5.41) is 9.50. The normalized spacial score (nSPS) is 11.0. The zero-order chi connectivity index (χ0) is 15.6. The van der Waals surface area contributed by atoms with Crippen LogP contribution >= 0.6 is 11.3 Å². The van der Waals surface area contributed by atoms with E-state index in [-0.39, 0.29) is 4.90 Å². The lowest BCUT2D eigenvalue weighted by atomic mass is 10.2. The van der Waals surface area contributed by atoms with E-state index in [1.165, 1.54) is 30.6 Å². The predicted molar refractivity (Wildman–Crippen MR) is 82.3 cm³/mol. The first kappa shape index (κ1) is 15.4. The molecule has 0 fully saturated rings. The van der Waals surface area contributed by atoms with Gasteiger partial charge < -0.3 is 4.74 Å². The standard InChI is InChI=1S/C14H14N2O3S2/c1-9-10(2)20-14(13(9)8-15)16-21(17,18)12-6-4-11(19-3)5-7-12/h4-7,16H,1-3H3. The molecule has 0 radical (unpaired) electrons. The van der Waals surface area contributed by atoms with E-state index in [9.17, 15) is 8.42 Å². The van der Waals surface area contributed by atoms with Gasteiger partial charge in [-0.15, -0.1) is 11.3 Å². The lowest BCUT2D eigenvalue weighted by Crippen LogP contribution is -2.12. The van der Waals surface area contributed by atoms with Crippen molar-refractivity contribution in [3.8, 4) is 11.8 Å². The van der Waals surface area contributed by atoms with Crippen LogP contribution in [0, 0.1) is 25.2 Å². The molecule has 5 nitrogen and oxygen atoms in total. The van der Waals surface area contributed by atoms with Gasteiger partial charge in [0, 0.05) is 4.88 Å². The van der Waals surface area contributed by atoms with Gasteiger partial charge in [0.15, 0.2) is 0 Å². The molecule has 1 heterocycles. The monoisotopic (exact) mass is 322 g/mol. The van der Waals surface area contributed by atoms with Crippen LogP contribution in [-0.2, 0) is 10.0 Å². The zero-order valence-electron chi connectivity index (χ0n) is 11.8. The fourth-order valence-corrected chi connectivity index (χ4v) is 4.09. The van der Waals surface area contributed by atoms with E-state index >= 15 is 0 Å². The third kappa shape index (κ3) is 3.01. The van der Waals surface area contributed by atoms with E-state index in [1.807, 2.05) is 13.0 Å². The molecule has 1 N–H and O–H groups in total. The first-order valence-corrected chi connectivity index (χ1v) is 8.36. The van der Waals surface area contributed by atoms with Gasteiger partial charge in [0.05, 0.1) is 17.6 Å². The Bertz CT molecular complexity index is 800. The van der Waals surface area contributed by atoms with Gasteiger partial charge in [0.1, 0.15) is 16.8 Å². The van der Waals surface area contributed by atoms with Crippen molar-refractivity contribution in [1.29, 1.82) is 5.26 Å². The van der Waals surface area contributed by atoms with Gasteiger partial charge >= 0.3 is 0 Å². The van der Waals surface area contributed by atoms with Gasteiger partial charge in [-0.1, -0.05) is 0 Å². The summed E-state index contributed by atoms with van der Waals surface area (Å²) < 4.78 is 32.2. The van der Waals surface area contributed by atoms with Gasteiger partial charge in [0.25, 0.3) is 10.0 Å². The summed E-state index contributed by atoms with van der Waals surface area (Å²) in [6.07, 6.45) is 0. The molecule has 0 spiro atoms. The van der Waals surface area contributed by atoms with Crippen LogP contribution in [-0.4, -0.2) is 15.5 Å². The summed E-state index contributed by atoms with van der Waals surface area (Å²) in [6, 6.07) is 8.11. The largest absolute Gasteiger partial charge is 0.497 e. The van der Waals surface area contributed by atoms with Crippen molar-refractivity contribution in [3.63, 3.8) is 0 Å². The Labute approximate surface area is 127 Å². The maximum atomic E-state index is 12.3. The molecule has 0 saturated heterocycles. The average molecular weight is 322 g/mol. The maximum Gasteiger partial charge on any atom is 0.262 e. The summed E-state index contributed by atoms with van der Waals surface area (Å²) in [5.74, 6) is 0.578. The molecular weight excluding hydrogens is 308 g/mol. The molecule has 0 aliphatic rings. The van der Waals surface area contributed by atoms with Crippen molar-refractivity contribution in [3.05, 3.63) is 40.3 Å². The number of hydrogen-bond donors (Lipinski definition) is 1. The van der Waals surface area contributed by atoms with Crippen molar-refractivity contribution in [2.75, 3.05) is 11.8 Å². The predicted octanol–water partition coefficient (Wildman–Crippen LogP) is 3.05. The Morgan fingerprint density at radius 3 is 2.38 bits per heavy atom. The zero-order valence-corrected chi connectivity index (χ0v) is 13.4. The number of methoxy groups -OCH3 is 1. The van der Waals surface area contributed by atoms with Crippen LogP contribution < -0.4 is 9.46 Å². The quantitative estimate of drug-likeness (QED) is 0.938. The minimum atomic E-state index is -3.72. The molecule has 21 heavy (non-hydrogen) atoms. The molecular formula is C14H14N2O3S2. The number of rotatable bonds is 4. The molecule has 0 saturated carbocycles. The lowest BCUT2D eigenvalue weighted by molar-refractivity contribution is 0.414. The Balaban J connectivity index is 2.37. The van der Waals surface area contributed by atoms with Gasteiger partial charge in [-0.3, -0.25) is 4.72 Å². The van der Waals surface area contributed by atoms with Crippen molar-refractivity contribution in [1.82, 2.24) is 0 Å². The number of thiophene rings is 1. The number of anilines is 1. The molecule has 1 aromatic heterocycles. The summed E-state index contributed by atoms with van der Waals surface area (Å²) in [5.41, 5.74) is 1.17. The SMILES string of the molecule is COc1ccc(S(=O)(=O)Nc2sc(C)c(C)c2C#N)cc1. The first-order chi connectivity index (χ1) is 9.89.